The van der Waals surface area contributed by atoms with E-state index in [-0.39, 0.29) is 23.0 Å². The van der Waals surface area contributed by atoms with Crippen molar-refractivity contribution in [3.8, 4) is 34.3 Å². The zero-order chi connectivity index (χ0) is 19.0. The number of carbonyl (C=O) groups is 1. The van der Waals surface area contributed by atoms with Crippen molar-refractivity contribution in [2.24, 2.45) is 0 Å². The molecule has 1 aromatic carbocycles. The Balaban J connectivity index is 1.77. The molecule has 138 valence electrons. The molecular weight excluding hydrogens is 353 g/mol. The van der Waals surface area contributed by atoms with Gasteiger partial charge in [0.05, 0.1) is 32.0 Å². The van der Waals surface area contributed by atoms with Crippen LogP contribution in [0.2, 0.25) is 0 Å². The number of carbonyl (C=O) groups excluding carboxylic acids is 1. The van der Waals surface area contributed by atoms with Crippen LogP contribution in [0, 0.1) is 5.82 Å². The minimum atomic E-state index is -0.534. The summed E-state index contributed by atoms with van der Waals surface area (Å²) < 4.78 is 26.5. The Labute approximate surface area is 154 Å². The molecule has 0 aliphatic carbocycles. The monoisotopic (exact) mass is 369 g/mol. The molecular formula is C18H16FN5O3. The minimum absolute atomic E-state index is 0.177. The third-order valence-electron chi connectivity index (χ3n) is 4.25. The minimum Gasteiger partial charge on any atom is -0.493 e. The first-order valence-corrected chi connectivity index (χ1v) is 8.22. The van der Waals surface area contributed by atoms with E-state index in [1.807, 2.05) is 0 Å². The third-order valence-corrected chi connectivity index (χ3v) is 4.25. The van der Waals surface area contributed by atoms with Gasteiger partial charge in [0.2, 0.25) is 0 Å². The van der Waals surface area contributed by atoms with E-state index >= 15 is 0 Å². The lowest BCUT2D eigenvalue weighted by molar-refractivity contribution is 0.0924. The highest BCUT2D eigenvalue weighted by Gasteiger charge is 2.21. The number of benzene rings is 1. The molecule has 8 nitrogen and oxygen atoms in total. The number of amides is 1. The first kappa shape index (κ1) is 17.0. The van der Waals surface area contributed by atoms with E-state index in [0.29, 0.717) is 35.9 Å². The van der Waals surface area contributed by atoms with Gasteiger partial charge in [0.15, 0.2) is 17.3 Å². The van der Waals surface area contributed by atoms with Crippen molar-refractivity contribution in [2.45, 2.75) is 6.54 Å². The molecule has 0 saturated heterocycles. The number of aromatic nitrogens is 4. The van der Waals surface area contributed by atoms with Gasteiger partial charge in [-0.15, -0.1) is 0 Å². The summed E-state index contributed by atoms with van der Waals surface area (Å²) in [6.45, 7) is 1.11. The number of ether oxygens (including phenoxy) is 2. The van der Waals surface area contributed by atoms with Gasteiger partial charge in [-0.05, 0) is 18.2 Å². The molecule has 1 N–H and O–H groups in total. The van der Waals surface area contributed by atoms with Gasteiger partial charge >= 0.3 is 0 Å². The molecule has 1 aliphatic heterocycles. The van der Waals surface area contributed by atoms with E-state index in [9.17, 15) is 9.18 Å². The molecule has 2 aromatic heterocycles. The fourth-order valence-corrected chi connectivity index (χ4v) is 2.92. The SMILES string of the molecule is COc1cc(F)c(-c2nccc(-c3cc4n(n3)CCNC4=O)n2)cc1OC. The van der Waals surface area contributed by atoms with Crippen molar-refractivity contribution < 1.29 is 18.7 Å². The second kappa shape index (κ2) is 6.67. The number of nitrogens with one attached hydrogen (secondary N) is 1. The van der Waals surface area contributed by atoms with Gasteiger partial charge in [-0.25, -0.2) is 14.4 Å². The number of rotatable bonds is 4. The van der Waals surface area contributed by atoms with Crippen molar-refractivity contribution in [3.05, 3.63) is 42.0 Å². The van der Waals surface area contributed by atoms with E-state index in [2.05, 4.69) is 20.4 Å². The van der Waals surface area contributed by atoms with E-state index in [1.165, 1.54) is 32.5 Å². The van der Waals surface area contributed by atoms with Crippen LogP contribution < -0.4 is 14.8 Å². The number of fused-ring (bicyclic) bond motifs is 1. The van der Waals surface area contributed by atoms with Crippen molar-refractivity contribution in [1.82, 2.24) is 25.1 Å². The van der Waals surface area contributed by atoms with Gasteiger partial charge < -0.3 is 14.8 Å². The smallest absolute Gasteiger partial charge is 0.269 e. The Bertz CT molecular complexity index is 1030. The number of hydrogen-bond donors (Lipinski definition) is 1. The summed E-state index contributed by atoms with van der Waals surface area (Å²) >= 11 is 0. The first-order valence-electron chi connectivity index (χ1n) is 8.22. The molecule has 0 radical (unpaired) electrons. The predicted molar refractivity (Wildman–Crippen MR) is 94.1 cm³/mol. The Hall–Kier alpha value is -3.49. The number of halogens is 1. The summed E-state index contributed by atoms with van der Waals surface area (Å²) in [4.78, 5) is 20.5. The van der Waals surface area contributed by atoms with Crippen LogP contribution in [-0.2, 0) is 6.54 Å². The highest BCUT2D eigenvalue weighted by molar-refractivity contribution is 5.94. The van der Waals surface area contributed by atoms with Crippen LogP contribution in [-0.4, -0.2) is 46.4 Å². The Morgan fingerprint density at radius 1 is 1.15 bits per heavy atom. The first-order chi connectivity index (χ1) is 13.1. The van der Waals surface area contributed by atoms with E-state index < -0.39 is 5.82 Å². The molecule has 1 amide bonds. The van der Waals surface area contributed by atoms with Gasteiger partial charge in [0.25, 0.3) is 5.91 Å². The molecule has 3 heterocycles. The number of methoxy groups -OCH3 is 2. The maximum absolute atomic E-state index is 14.5. The van der Waals surface area contributed by atoms with Gasteiger partial charge in [0.1, 0.15) is 17.2 Å². The fraction of sp³-hybridized carbons (Fsp3) is 0.222. The maximum atomic E-state index is 14.5. The lowest BCUT2D eigenvalue weighted by atomic mass is 10.1. The summed E-state index contributed by atoms with van der Waals surface area (Å²) in [7, 11) is 2.91. The average Bonchev–Trinajstić information content (AvgIpc) is 3.13. The lowest BCUT2D eigenvalue weighted by Gasteiger charge is -2.13. The molecule has 0 saturated carbocycles. The van der Waals surface area contributed by atoms with Gasteiger partial charge in [0, 0.05) is 18.8 Å². The van der Waals surface area contributed by atoms with Crippen LogP contribution >= 0.6 is 0 Å². The van der Waals surface area contributed by atoms with Crippen molar-refractivity contribution in [2.75, 3.05) is 20.8 Å². The van der Waals surface area contributed by atoms with Crippen LogP contribution in [0.5, 0.6) is 11.5 Å². The topological polar surface area (TPSA) is 91.2 Å². The molecule has 27 heavy (non-hydrogen) atoms. The van der Waals surface area contributed by atoms with Crippen molar-refractivity contribution in [3.63, 3.8) is 0 Å². The van der Waals surface area contributed by atoms with Gasteiger partial charge in [-0.3, -0.25) is 9.48 Å². The van der Waals surface area contributed by atoms with E-state index in [0.717, 1.165) is 0 Å². The number of nitrogens with zero attached hydrogens (tertiary/aromatic N) is 4. The second-order valence-corrected chi connectivity index (χ2v) is 5.85. The molecule has 0 spiro atoms. The van der Waals surface area contributed by atoms with Crippen LogP contribution in [0.15, 0.2) is 30.5 Å². The second-order valence-electron chi connectivity index (χ2n) is 5.85. The Morgan fingerprint density at radius 3 is 2.67 bits per heavy atom. The molecule has 9 heteroatoms. The Kier molecular flexibility index (Phi) is 4.19. The highest BCUT2D eigenvalue weighted by atomic mass is 19.1. The normalized spacial score (nSPS) is 13.1. The molecule has 1 aliphatic rings. The number of hydrogen-bond acceptors (Lipinski definition) is 6. The van der Waals surface area contributed by atoms with Crippen LogP contribution in [0.3, 0.4) is 0 Å². The predicted octanol–water partition coefficient (Wildman–Crippen LogP) is 1.91. The van der Waals surface area contributed by atoms with Crippen LogP contribution in [0.25, 0.3) is 22.8 Å². The molecule has 0 fully saturated rings. The van der Waals surface area contributed by atoms with E-state index in [1.54, 1.807) is 16.8 Å². The van der Waals surface area contributed by atoms with Crippen molar-refractivity contribution in [1.29, 1.82) is 0 Å². The molecule has 0 unspecified atom stereocenters. The van der Waals surface area contributed by atoms with Gasteiger partial charge in [-0.2, -0.15) is 5.10 Å². The van der Waals surface area contributed by atoms with Crippen LogP contribution in [0.4, 0.5) is 4.39 Å². The summed E-state index contributed by atoms with van der Waals surface area (Å²) in [6, 6.07) is 6.03. The van der Waals surface area contributed by atoms with Crippen LogP contribution in [0.1, 0.15) is 10.5 Å². The lowest BCUT2D eigenvalue weighted by Crippen LogP contribution is -2.35. The van der Waals surface area contributed by atoms with Crippen molar-refractivity contribution >= 4 is 5.91 Å². The molecule has 0 bridgehead atoms. The van der Waals surface area contributed by atoms with Gasteiger partial charge in [-0.1, -0.05) is 0 Å². The summed E-state index contributed by atoms with van der Waals surface area (Å²) in [5.41, 5.74) is 1.65. The zero-order valence-corrected chi connectivity index (χ0v) is 14.7. The summed E-state index contributed by atoms with van der Waals surface area (Å²) in [5, 5.41) is 7.18. The largest absolute Gasteiger partial charge is 0.493 e. The van der Waals surface area contributed by atoms with E-state index in [4.69, 9.17) is 9.47 Å². The standard InChI is InChI=1S/C18H16FN5O3/c1-26-15-7-10(11(19)8-16(15)27-2)17-20-4-3-12(22-17)13-9-14-18(25)21-5-6-24(14)23-13/h3-4,7-9H,5-6H2,1-2H3,(H,21,25). The summed E-state index contributed by atoms with van der Waals surface area (Å²) in [6.07, 6.45) is 1.52. The average molecular weight is 369 g/mol. The molecule has 4 rings (SSSR count). The Morgan fingerprint density at radius 2 is 1.93 bits per heavy atom. The molecule has 3 aromatic rings. The fourth-order valence-electron chi connectivity index (χ4n) is 2.92. The maximum Gasteiger partial charge on any atom is 0.269 e. The highest BCUT2D eigenvalue weighted by Crippen LogP contribution is 2.34. The third kappa shape index (κ3) is 2.97. The summed E-state index contributed by atoms with van der Waals surface area (Å²) in [5.74, 6) is 0.120. The zero-order valence-electron chi connectivity index (χ0n) is 14.7. The quantitative estimate of drug-likeness (QED) is 0.755. The molecule has 0 atom stereocenters.